The Morgan fingerprint density at radius 3 is 2.43 bits per heavy atom. The molecule has 0 bridgehead atoms. The molecule has 0 radical (unpaired) electrons. The van der Waals surface area contributed by atoms with Gasteiger partial charge in [0.1, 0.15) is 5.75 Å². The van der Waals surface area contributed by atoms with Crippen LogP contribution in [0.15, 0.2) is 18.2 Å². The zero-order chi connectivity index (χ0) is 10.7. The van der Waals surface area contributed by atoms with E-state index < -0.39 is 11.9 Å². The first-order chi connectivity index (χ1) is 6.50. The van der Waals surface area contributed by atoms with Crippen molar-refractivity contribution in [1.29, 1.82) is 0 Å². The smallest absolute Gasteiger partial charge is 0.422 e. The van der Waals surface area contributed by atoms with Crippen molar-refractivity contribution in [3.05, 3.63) is 28.2 Å². The number of rotatable bonds is 1. The maximum atomic E-state index is 10.6. The summed E-state index contributed by atoms with van der Waals surface area (Å²) in [5.41, 5.74) is 0. The lowest BCUT2D eigenvalue weighted by molar-refractivity contribution is -0.158. The standard InChI is InChI=1S/C8H4Cl2O4/c9-4-1-2-6(5(10)3-4)14-8(13)7(11)12/h1-3H,(H,11,12). The largest absolute Gasteiger partial charge is 0.473 e. The van der Waals surface area contributed by atoms with Crippen LogP contribution in [0, 0.1) is 0 Å². The summed E-state index contributed by atoms with van der Waals surface area (Å²) < 4.78 is 4.43. The Kier molecular flexibility index (Phi) is 3.33. The van der Waals surface area contributed by atoms with E-state index in [1.165, 1.54) is 18.2 Å². The predicted molar refractivity (Wildman–Crippen MR) is 49.7 cm³/mol. The summed E-state index contributed by atoms with van der Waals surface area (Å²) in [5.74, 6) is -3.12. The molecule has 14 heavy (non-hydrogen) atoms. The summed E-state index contributed by atoms with van der Waals surface area (Å²) in [7, 11) is 0. The Balaban J connectivity index is 2.87. The number of ether oxygens (including phenoxy) is 1. The minimum Gasteiger partial charge on any atom is -0.473 e. The molecule has 74 valence electrons. The van der Waals surface area contributed by atoms with Crippen LogP contribution in [0.25, 0.3) is 0 Å². The summed E-state index contributed by atoms with van der Waals surface area (Å²) >= 11 is 11.2. The molecule has 0 amide bonds. The van der Waals surface area contributed by atoms with Crippen molar-refractivity contribution in [3.8, 4) is 5.75 Å². The van der Waals surface area contributed by atoms with Gasteiger partial charge in [-0.3, -0.25) is 0 Å². The number of carbonyl (C=O) groups excluding carboxylic acids is 1. The zero-order valence-electron chi connectivity index (χ0n) is 6.66. The molecular weight excluding hydrogens is 231 g/mol. The number of esters is 1. The summed E-state index contributed by atoms with van der Waals surface area (Å²) in [4.78, 5) is 20.8. The monoisotopic (exact) mass is 234 g/mol. The van der Waals surface area contributed by atoms with Crippen LogP contribution in [0.2, 0.25) is 10.0 Å². The third-order valence-electron chi connectivity index (χ3n) is 1.27. The van der Waals surface area contributed by atoms with E-state index in [-0.39, 0.29) is 10.8 Å². The average Bonchev–Trinajstić information content (AvgIpc) is 2.09. The maximum absolute atomic E-state index is 10.6. The van der Waals surface area contributed by atoms with Crippen LogP contribution >= 0.6 is 23.2 Å². The van der Waals surface area contributed by atoms with Crippen LogP contribution in [-0.2, 0) is 9.59 Å². The fourth-order valence-corrected chi connectivity index (χ4v) is 1.15. The molecule has 0 aliphatic carbocycles. The zero-order valence-corrected chi connectivity index (χ0v) is 8.17. The Morgan fingerprint density at radius 2 is 1.93 bits per heavy atom. The molecule has 0 saturated heterocycles. The van der Waals surface area contributed by atoms with E-state index in [4.69, 9.17) is 28.3 Å². The number of carboxylic acid groups (broad SMARTS) is 1. The first-order valence-corrected chi connectivity index (χ1v) is 4.16. The van der Waals surface area contributed by atoms with Gasteiger partial charge in [0.05, 0.1) is 5.02 Å². The molecule has 0 fully saturated rings. The van der Waals surface area contributed by atoms with E-state index in [1.54, 1.807) is 0 Å². The molecule has 0 atom stereocenters. The Morgan fingerprint density at radius 1 is 1.29 bits per heavy atom. The number of hydrogen-bond donors (Lipinski definition) is 1. The van der Waals surface area contributed by atoms with Gasteiger partial charge in [-0.1, -0.05) is 23.2 Å². The molecule has 1 rings (SSSR count). The Hall–Kier alpha value is -1.26. The number of hydrogen-bond acceptors (Lipinski definition) is 3. The van der Waals surface area contributed by atoms with Gasteiger partial charge < -0.3 is 9.84 Å². The molecule has 0 heterocycles. The van der Waals surface area contributed by atoms with Gasteiger partial charge >= 0.3 is 11.9 Å². The summed E-state index contributed by atoms with van der Waals surface area (Å²) in [6.45, 7) is 0. The molecule has 0 spiro atoms. The van der Waals surface area contributed by atoms with E-state index in [1.807, 2.05) is 0 Å². The minimum absolute atomic E-state index is 0.0385. The van der Waals surface area contributed by atoms with Gasteiger partial charge in [-0.2, -0.15) is 0 Å². The number of carboxylic acids is 1. The molecule has 0 aliphatic heterocycles. The highest BCUT2D eigenvalue weighted by Crippen LogP contribution is 2.27. The van der Waals surface area contributed by atoms with E-state index in [0.717, 1.165) is 0 Å². The van der Waals surface area contributed by atoms with Gasteiger partial charge in [0, 0.05) is 5.02 Å². The molecule has 6 heteroatoms. The van der Waals surface area contributed by atoms with Crippen LogP contribution in [0.4, 0.5) is 0 Å². The Labute approximate surface area is 89.0 Å². The highest BCUT2D eigenvalue weighted by molar-refractivity contribution is 6.36. The predicted octanol–water partition coefficient (Wildman–Crippen LogP) is 1.98. The molecular formula is C8H4Cl2O4. The quantitative estimate of drug-likeness (QED) is 0.459. The van der Waals surface area contributed by atoms with Crippen LogP contribution < -0.4 is 4.74 Å². The maximum Gasteiger partial charge on any atom is 0.422 e. The lowest BCUT2D eigenvalue weighted by Gasteiger charge is -2.03. The van der Waals surface area contributed by atoms with E-state index in [0.29, 0.717) is 5.02 Å². The highest BCUT2D eigenvalue weighted by Gasteiger charge is 2.15. The third kappa shape index (κ3) is 2.61. The average molecular weight is 235 g/mol. The number of aliphatic carboxylic acids is 1. The molecule has 0 saturated carbocycles. The van der Waals surface area contributed by atoms with Crippen molar-refractivity contribution in [3.63, 3.8) is 0 Å². The second-order valence-corrected chi connectivity index (χ2v) is 3.11. The topological polar surface area (TPSA) is 63.6 Å². The SMILES string of the molecule is O=C(O)C(=O)Oc1ccc(Cl)cc1Cl. The van der Waals surface area contributed by atoms with Gasteiger partial charge in [-0.25, -0.2) is 9.59 Å². The summed E-state index contributed by atoms with van der Waals surface area (Å²) in [6, 6.07) is 4.08. The van der Waals surface area contributed by atoms with Crippen molar-refractivity contribution in [1.82, 2.24) is 0 Å². The highest BCUT2D eigenvalue weighted by atomic mass is 35.5. The molecule has 0 unspecified atom stereocenters. The van der Waals surface area contributed by atoms with Crippen LogP contribution in [-0.4, -0.2) is 17.0 Å². The van der Waals surface area contributed by atoms with Crippen LogP contribution in [0.1, 0.15) is 0 Å². The number of halogens is 2. The van der Waals surface area contributed by atoms with Crippen LogP contribution in [0.3, 0.4) is 0 Å². The summed E-state index contributed by atoms with van der Waals surface area (Å²) in [5, 5.41) is 8.69. The fraction of sp³-hybridized carbons (Fsp3) is 0. The fourth-order valence-electron chi connectivity index (χ4n) is 0.702. The molecule has 0 aliphatic rings. The second kappa shape index (κ2) is 4.30. The van der Waals surface area contributed by atoms with Crippen molar-refractivity contribution in [2.45, 2.75) is 0 Å². The Bertz CT molecular complexity index is 389. The van der Waals surface area contributed by atoms with Crippen molar-refractivity contribution in [2.75, 3.05) is 0 Å². The molecule has 1 N–H and O–H groups in total. The summed E-state index contributed by atoms with van der Waals surface area (Å²) in [6.07, 6.45) is 0. The first-order valence-electron chi connectivity index (χ1n) is 3.41. The number of benzene rings is 1. The van der Waals surface area contributed by atoms with E-state index in [9.17, 15) is 9.59 Å². The van der Waals surface area contributed by atoms with Crippen LogP contribution in [0.5, 0.6) is 5.75 Å². The van der Waals surface area contributed by atoms with Gasteiger partial charge in [-0.15, -0.1) is 0 Å². The first kappa shape index (κ1) is 10.8. The number of carbonyl (C=O) groups is 2. The molecule has 1 aromatic carbocycles. The third-order valence-corrected chi connectivity index (χ3v) is 1.80. The van der Waals surface area contributed by atoms with E-state index in [2.05, 4.69) is 4.74 Å². The van der Waals surface area contributed by atoms with Crippen molar-refractivity contribution >= 4 is 35.1 Å². The van der Waals surface area contributed by atoms with Crippen molar-refractivity contribution < 1.29 is 19.4 Å². The molecule has 0 aromatic heterocycles. The normalized spacial score (nSPS) is 9.57. The molecule has 4 nitrogen and oxygen atoms in total. The van der Waals surface area contributed by atoms with Gasteiger partial charge in [0.15, 0.2) is 0 Å². The molecule has 1 aromatic rings. The van der Waals surface area contributed by atoms with Gasteiger partial charge in [0.25, 0.3) is 0 Å². The van der Waals surface area contributed by atoms with Gasteiger partial charge in [-0.05, 0) is 18.2 Å². The second-order valence-electron chi connectivity index (χ2n) is 2.27. The van der Waals surface area contributed by atoms with Gasteiger partial charge in [0.2, 0.25) is 0 Å². The van der Waals surface area contributed by atoms with Crippen molar-refractivity contribution in [2.24, 2.45) is 0 Å². The minimum atomic E-state index is -1.68. The lowest BCUT2D eigenvalue weighted by Crippen LogP contribution is -2.19. The van der Waals surface area contributed by atoms with E-state index >= 15 is 0 Å². The lowest BCUT2D eigenvalue weighted by atomic mass is 10.3.